The summed E-state index contributed by atoms with van der Waals surface area (Å²) in [6.45, 7) is -0.318. The zero-order valence-corrected chi connectivity index (χ0v) is 18.0. The van der Waals surface area contributed by atoms with Gasteiger partial charge in [0.15, 0.2) is 23.0 Å². The van der Waals surface area contributed by atoms with E-state index in [-0.39, 0.29) is 29.0 Å². The normalized spacial score (nSPS) is 10.7. The lowest BCUT2D eigenvalue weighted by Crippen LogP contribution is -2.26. The van der Waals surface area contributed by atoms with Crippen LogP contribution >= 0.6 is 11.6 Å². The molecule has 0 saturated heterocycles. The number of nitrogens with zero attached hydrogens (tertiary/aromatic N) is 1. The monoisotopic (exact) mass is 443 g/mol. The largest absolute Gasteiger partial charge is 0.493 e. The predicted molar refractivity (Wildman–Crippen MR) is 109 cm³/mol. The number of halogens is 3. The topological polar surface area (TPSA) is 57.2 Å². The van der Waals surface area contributed by atoms with Crippen molar-refractivity contribution in [3.8, 4) is 23.0 Å². The van der Waals surface area contributed by atoms with Gasteiger partial charge in [-0.2, -0.15) is 8.78 Å². The van der Waals surface area contributed by atoms with Gasteiger partial charge in [-0.15, -0.1) is 0 Å². The first-order valence-electron chi connectivity index (χ1n) is 9.18. The van der Waals surface area contributed by atoms with Crippen molar-refractivity contribution in [3.05, 3.63) is 46.5 Å². The first-order chi connectivity index (χ1) is 14.3. The summed E-state index contributed by atoms with van der Waals surface area (Å²) in [6, 6.07) is 7.58. The van der Waals surface area contributed by atoms with Crippen molar-refractivity contribution < 1.29 is 32.5 Å². The Morgan fingerprint density at radius 1 is 1.10 bits per heavy atom. The molecule has 0 aliphatic carbocycles. The second kappa shape index (κ2) is 10.9. The van der Waals surface area contributed by atoms with Crippen LogP contribution in [0.5, 0.6) is 23.0 Å². The molecule has 0 radical (unpaired) electrons. The molecule has 0 aliphatic rings. The van der Waals surface area contributed by atoms with Gasteiger partial charge in [0.1, 0.15) is 0 Å². The number of rotatable bonds is 10. The van der Waals surface area contributed by atoms with Crippen LogP contribution in [0.4, 0.5) is 8.78 Å². The molecular weight excluding hydrogens is 420 g/mol. The van der Waals surface area contributed by atoms with Gasteiger partial charge in [0.2, 0.25) is 0 Å². The van der Waals surface area contributed by atoms with Crippen molar-refractivity contribution in [2.24, 2.45) is 0 Å². The lowest BCUT2D eigenvalue weighted by Gasteiger charge is -2.20. The first kappa shape index (κ1) is 23.5. The Kier molecular flexibility index (Phi) is 8.53. The van der Waals surface area contributed by atoms with E-state index in [0.717, 1.165) is 6.42 Å². The van der Waals surface area contributed by atoms with Crippen LogP contribution in [0.2, 0.25) is 5.02 Å². The Morgan fingerprint density at radius 3 is 2.40 bits per heavy atom. The molecule has 0 saturated carbocycles. The molecule has 9 heteroatoms. The highest BCUT2D eigenvalue weighted by Gasteiger charge is 2.19. The number of alkyl halides is 2. The summed E-state index contributed by atoms with van der Waals surface area (Å²) in [4.78, 5) is 14.3. The minimum atomic E-state index is -2.96. The molecular formula is C21H24ClF2NO5. The van der Waals surface area contributed by atoms with E-state index in [0.29, 0.717) is 29.2 Å². The molecule has 0 unspecified atom stereocenters. The van der Waals surface area contributed by atoms with E-state index in [1.165, 1.54) is 37.3 Å². The molecule has 6 nitrogen and oxygen atoms in total. The molecule has 0 spiro atoms. The Hall–Kier alpha value is -2.74. The van der Waals surface area contributed by atoms with Crippen LogP contribution in [0.25, 0.3) is 0 Å². The van der Waals surface area contributed by atoms with Crippen LogP contribution in [0.1, 0.15) is 29.3 Å². The molecule has 0 aromatic heterocycles. The summed E-state index contributed by atoms with van der Waals surface area (Å²) < 4.78 is 45.4. The zero-order chi connectivity index (χ0) is 22.3. The van der Waals surface area contributed by atoms with Crippen LogP contribution in [0.3, 0.4) is 0 Å². The standard InChI is InChI=1S/C21H24ClF2NO5/c1-5-8-29-19-15(22)10-14(11-18(19)28-4)20(26)25(2)12-13-6-7-16(30-21(23)24)17(9-13)27-3/h6-7,9-11,21H,5,8,12H2,1-4H3. The van der Waals surface area contributed by atoms with E-state index >= 15 is 0 Å². The fourth-order valence-electron chi connectivity index (χ4n) is 2.76. The van der Waals surface area contributed by atoms with Gasteiger partial charge < -0.3 is 23.8 Å². The van der Waals surface area contributed by atoms with Crippen molar-refractivity contribution in [2.45, 2.75) is 26.5 Å². The molecule has 0 atom stereocenters. The minimum absolute atomic E-state index is 0.0792. The molecule has 0 heterocycles. The molecule has 2 aromatic rings. The fraction of sp³-hybridized carbons (Fsp3) is 0.381. The van der Waals surface area contributed by atoms with Crippen LogP contribution in [-0.4, -0.2) is 45.3 Å². The lowest BCUT2D eigenvalue weighted by atomic mass is 10.1. The minimum Gasteiger partial charge on any atom is -0.493 e. The number of ether oxygens (including phenoxy) is 4. The molecule has 1 amide bonds. The number of carbonyl (C=O) groups excluding carboxylic acids is 1. The van der Waals surface area contributed by atoms with Crippen molar-refractivity contribution in [3.63, 3.8) is 0 Å². The van der Waals surface area contributed by atoms with Gasteiger partial charge in [0, 0.05) is 19.2 Å². The van der Waals surface area contributed by atoms with Gasteiger partial charge in [-0.25, -0.2) is 0 Å². The average Bonchev–Trinajstić information content (AvgIpc) is 2.72. The molecule has 30 heavy (non-hydrogen) atoms. The highest BCUT2D eigenvalue weighted by atomic mass is 35.5. The zero-order valence-electron chi connectivity index (χ0n) is 17.2. The second-order valence-corrected chi connectivity index (χ2v) is 6.77. The third kappa shape index (κ3) is 5.89. The Bertz CT molecular complexity index is 879. The maximum Gasteiger partial charge on any atom is 0.387 e. The maximum absolute atomic E-state index is 12.9. The number of hydrogen-bond acceptors (Lipinski definition) is 5. The Balaban J connectivity index is 2.20. The fourth-order valence-corrected chi connectivity index (χ4v) is 3.02. The Morgan fingerprint density at radius 2 is 1.80 bits per heavy atom. The van der Waals surface area contributed by atoms with Crippen molar-refractivity contribution >= 4 is 17.5 Å². The summed E-state index contributed by atoms with van der Waals surface area (Å²) >= 11 is 6.29. The van der Waals surface area contributed by atoms with Crippen molar-refractivity contribution in [2.75, 3.05) is 27.9 Å². The van der Waals surface area contributed by atoms with Gasteiger partial charge in [0.05, 0.1) is 25.8 Å². The van der Waals surface area contributed by atoms with Crippen LogP contribution < -0.4 is 18.9 Å². The summed E-state index contributed by atoms with van der Waals surface area (Å²) in [5, 5.41) is 0.273. The van der Waals surface area contributed by atoms with Crippen LogP contribution in [0.15, 0.2) is 30.3 Å². The number of methoxy groups -OCH3 is 2. The van der Waals surface area contributed by atoms with E-state index in [9.17, 15) is 13.6 Å². The van der Waals surface area contributed by atoms with E-state index in [2.05, 4.69) is 4.74 Å². The highest BCUT2D eigenvalue weighted by molar-refractivity contribution is 6.32. The van der Waals surface area contributed by atoms with Gasteiger partial charge in [-0.1, -0.05) is 24.6 Å². The maximum atomic E-state index is 12.9. The molecule has 0 fully saturated rings. The third-order valence-corrected chi connectivity index (χ3v) is 4.42. The quantitative estimate of drug-likeness (QED) is 0.516. The average molecular weight is 444 g/mol. The predicted octanol–water partition coefficient (Wildman–Crippen LogP) is 5.02. The highest BCUT2D eigenvalue weighted by Crippen LogP contribution is 2.37. The van der Waals surface area contributed by atoms with Crippen molar-refractivity contribution in [1.29, 1.82) is 0 Å². The van der Waals surface area contributed by atoms with E-state index in [4.69, 9.17) is 25.8 Å². The summed E-state index contributed by atoms with van der Waals surface area (Å²) in [5.41, 5.74) is 0.998. The number of benzene rings is 2. The molecule has 0 bridgehead atoms. The van der Waals surface area contributed by atoms with Gasteiger partial charge >= 0.3 is 6.61 Å². The van der Waals surface area contributed by atoms with E-state index < -0.39 is 6.61 Å². The second-order valence-electron chi connectivity index (χ2n) is 6.36. The van der Waals surface area contributed by atoms with Gasteiger partial charge in [0.25, 0.3) is 5.91 Å². The summed E-state index contributed by atoms with van der Waals surface area (Å²) in [5.74, 6) is 0.520. The molecule has 164 valence electrons. The number of amides is 1. The Labute approximate surface area is 179 Å². The van der Waals surface area contributed by atoms with Crippen LogP contribution in [0, 0.1) is 0 Å². The number of hydrogen-bond donors (Lipinski definition) is 0. The molecule has 0 N–H and O–H groups in total. The van der Waals surface area contributed by atoms with E-state index in [1.54, 1.807) is 19.2 Å². The summed E-state index contributed by atoms with van der Waals surface area (Å²) in [6.07, 6.45) is 0.799. The smallest absolute Gasteiger partial charge is 0.387 e. The SMILES string of the molecule is CCCOc1c(Cl)cc(C(=O)N(C)Cc2ccc(OC(F)F)c(OC)c2)cc1OC. The van der Waals surface area contributed by atoms with E-state index in [1.807, 2.05) is 6.92 Å². The summed E-state index contributed by atoms with van der Waals surface area (Å²) in [7, 11) is 4.43. The third-order valence-electron chi connectivity index (χ3n) is 4.14. The number of carbonyl (C=O) groups is 1. The van der Waals surface area contributed by atoms with Crippen molar-refractivity contribution in [1.82, 2.24) is 4.90 Å². The molecule has 0 aliphatic heterocycles. The van der Waals surface area contributed by atoms with Gasteiger partial charge in [-0.3, -0.25) is 4.79 Å². The molecule has 2 rings (SSSR count). The first-order valence-corrected chi connectivity index (χ1v) is 9.56. The molecule has 2 aromatic carbocycles. The van der Waals surface area contributed by atoms with Gasteiger partial charge in [-0.05, 0) is 36.2 Å². The van der Waals surface area contributed by atoms with Crippen LogP contribution in [-0.2, 0) is 6.54 Å². The lowest BCUT2D eigenvalue weighted by molar-refractivity contribution is -0.0512.